The summed E-state index contributed by atoms with van der Waals surface area (Å²) in [6.45, 7) is 3.17. The van der Waals surface area contributed by atoms with Crippen LogP contribution in [0.25, 0.3) is 0 Å². The molecule has 0 saturated heterocycles. The number of pyridine rings is 1. The van der Waals surface area contributed by atoms with Crippen molar-refractivity contribution < 1.29 is 4.39 Å². The Morgan fingerprint density at radius 1 is 1.53 bits per heavy atom. The first-order chi connectivity index (χ1) is 7.16. The molecule has 0 amide bonds. The van der Waals surface area contributed by atoms with Gasteiger partial charge in [0.05, 0.1) is 6.54 Å². The molecule has 1 aliphatic rings. The van der Waals surface area contributed by atoms with Gasteiger partial charge in [-0.05, 0) is 47.0 Å². The van der Waals surface area contributed by atoms with Gasteiger partial charge in [-0.3, -0.25) is 0 Å². The van der Waals surface area contributed by atoms with Crippen LogP contribution in [0, 0.1) is 6.92 Å². The molecule has 0 aliphatic carbocycles. The van der Waals surface area contributed by atoms with E-state index >= 15 is 0 Å². The molecule has 15 heavy (non-hydrogen) atoms. The maximum atomic E-state index is 13.1. The highest BCUT2D eigenvalue weighted by molar-refractivity contribution is 9.10. The van der Waals surface area contributed by atoms with Crippen LogP contribution in [0.5, 0.6) is 0 Å². The molecule has 2 heterocycles. The van der Waals surface area contributed by atoms with Gasteiger partial charge in [0.1, 0.15) is 11.6 Å². The first-order valence-electron chi connectivity index (χ1n) is 4.88. The van der Waals surface area contributed by atoms with Gasteiger partial charge in [0.25, 0.3) is 0 Å². The summed E-state index contributed by atoms with van der Waals surface area (Å²) in [5, 5.41) is 0. The summed E-state index contributed by atoms with van der Waals surface area (Å²) in [5.74, 6) is 0.812. The smallest absolute Gasteiger partial charge is 0.131 e. The van der Waals surface area contributed by atoms with Crippen molar-refractivity contribution in [1.82, 2.24) is 4.98 Å². The molecule has 2 rings (SSSR count). The van der Waals surface area contributed by atoms with Crippen molar-refractivity contribution in [2.24, 2.45) is 0 Å². The van der Waals surface area contributed by atoms with E-state index in [1.54, 1.807) is 12.3 Å². The van der Waals surface area contributed by atoms with Gasteiger partial charge in [0.2, 0.25) is 0 Å². The Balaban J connectivity index is 2.26. The quantitative estimate of drug-likeness (QED) is 0.779. The van der Waals surface area contributed by atoms with E-state index in [2.05, 4.69) is 20.9 Å². The average Bonchev–Trinajstić information content (AvgIpc) is 2.17. The number of aryl methyl sites for hydroxylation is 1. The number of hydrogen-bond acceptors (Lipinski definition) is 2. The van der Waals surface area contributed by atoms with Gasteiger partial charge >= 0.3 is 0 Å². The number of rotatable bonds is 1. The van der Waals surface area contributed by atoms with E-state index in [4.69, 9.17) is 0 Å². The van der Waals surface area contributed by atoms with E-state index < -0.39 is 0 Å². The van der Waals surface area contributed by atoms with Crippen molar-refractivity contribution in [2.45, 2.75) is 13.3 Å². The van der Waals surface area contributed by atoms with E-state index in [0.717, 1.165) is 28.8 Å². The third-order valence-electron chi connectivity index (χ3n) is 2.42. The Kier molecular flexibility index (Phi) is 3.05. The molecule has 0 saturated carbocycles. The maximum Gasteiger partial charge on any atom is 0.131 e. The van der Waals surface area contributed by atoms with Gasteiger partial charge in [0, 0.05) is 17.2 Å². The maximum absolute atomic E-state index is 13.1. The molecular formula is C11H12BrFN2. The van der Waals surface area contributed by atoms with Crippen molar-refractivity contribution in [2.75, 3.05) is 18.0 Å². The lowest BCUT2D eigenvalue weighted by molar-refractivity contribution is 0.572. The van der Waals surface area contributed by atoms with E-state index in [1.165, 1.54) is 0 Å². The topological polar surface area (TPSA) is 16.1 Å². The van der Waals surface area contributed by atoms with Crippen LogP contribution in [0.1, 0.15) is 12.0 Å². The first-order valence-corrected chi connectivity index (χ1v) is 5.68. The summed E-state index contributed by atoms with van der Waals surface area (Å²) < 4.78 is 14.1. The summed E-state index contributed by atoms with van der Waals surface area (Å²) in [5.41, 5.74) is 1.07. The molecule has 0 bridgehead atoms. The second kappa shape index (κ2) is 4.31. The fourth-order valence-electron chi connectivity index (χ4n) is 1.75. The first kappa shape index (κ1) is 10.6. The van der Waals surface area contributed by atoms with E-state index in [9.17, 15) is 4.39 Å². The van der Waals surface area contributed by atoms with Gasteiger partial charge in [-0.15, -0.1) is 0 Å². The molecule has 0 radical (unpaired) electrons. The van der Waals surface area contributed by atoms with Crippen LogP contribution in [0.3, 0.4) is 0 Å². The van der Waals surface area contributed by atoms with Crippen LogP contribution < -0.4 is 4.90 Å². The largest absolute Gasteiger partial charge is 0.349 e. The highest BCUT2D eigenvalue weighted by atomic mass is 79.9. The summed E-state index contributed by atoms with van der Waals surface area (Å²) in [6, 6.07) is 2.00. The van der Waals surface area contributed by atoms with E-state index in [-0.39, 0.29) is 5.83 Å². The minimum absolute atomic E-state index is 0.0645. The van der Waals surface area contributed by atoms with E-state index in [1.807, 2.05) is 17.9 Å². The Hall–Kier alpha value is -0.900. The van der Waals surface area contributed by atoms with Crippen LogP contribution >= 0.6 is 15.9 Å². The molecular weight excluding hydrogens is 259 g/mol. The van der Waals surface area contributed by atoms with Crippen molar-refractivity contribution in [1.29, 1.82) is 0 Å². The molecule has 0 N–H and O–H groups in total. The lowest BCUT2D eigenvalue weighted by Crippen LogP contribution is -2.30. The van der Waals surface area contributed by atoms with Crippen LogP contribution in [-0.4, -0.2) is 18.1 Å². The highest BCUT2D eigenvalue weighted by Crippen LogP contribution is 2.23. The summed E-state index contributed by atoms with van der Waals surface area (Å²) >= 11 is 3.37. The molecule has 0 unspecified atom stereocenters. The SMILES string of the molecule is Cc1cc(Br)cnc1N1CCC=C(F)C1. The number of aromatic nitrogens is 1. The van der Waals surface area contributed by atoms with Crippen LogP contribution in [-0.2, 0) is 0 Å². The Labute approximate surface area is 96.9 Å². The average molecular weight is 271 g/mol. The van der Waals surface area contributed by atoms with Gasteiger partial charge in [-0.1, -0.05) is 0 Å². The van der Waals surface area contributed by atoms with Crippen molar-refractivity contribution in [3.63, 3.8) is 0 Å². The van der Waals surface area contributed by atoms with Gasteiger partial charge < -0.3 is 4.90 Å². The molecule has 2 nitrogen and oxygen atoms in total. The summed E-state index contributed by atoms with van der Waals surface area (Å²) in [6.07, 6.45) is 4.15. The fraction of sp³-hybridized carbons (Fsp3) is 0.364. The molecule has 0 aromatic carbocycles. The second-order valence-corrected chi connectivity index (χ2v) is 4.57. The summed E-state index contributed by atoms with van der Waals surface area (Å²) in [7, 11) is 0. The molecule has 0 atom stereocenters. The third-order valence-corrected chi connectivity index (χ3v) is 2.86. The normalized spacial score (nSPS) is 16.5. The standard InChI is InChI=1S/C11H12BrFN2/c1-8-5-9(12)6-14-11(8)15-4-2-3-10(13)7-15/h3,5-6H,2,4,7H2,1H3. The Bertz CT molecular complexity index is 404. The van der Waals surface area contributed by atoms with E-state index in [0.29, 0.717) is 6.54 Å². The number of halogens is 2. The number of nitrogens with zero attached hydrogens (tertiary/aromatic N) is 2. The monoisotopic (exact) mass is 270 g/mol. The minimum Gasteiger partial charge on any atom is -0.349 e. The van der Waals surface area contributed by atoms with Gasteiger partial charge in [0.15, 0.2) is 0 Å². The lowest BCUT2D eigenvalue weighted by Gasteiger charge is -2.26. The Morgan fingerprint density at radius 3 is 3.00 bits per heavy atom. The van der Waals surface area contributed by atoms with Crippen molar-refractivity contribution in [3.05, 3.63) is 34.2 Å². The third kappa shape index (κ3) is 2.37. The van der Waals surface area contributed by atoms with Gasteiger partial charge in [-0.2, -0.15) is 0 Å². The molecule has 1 aromatic rings. The molecule has 80 valence electrons. The molecule has 0 spiro atoms. The number of anilines is 1. The number of hydrogen-bond donors (Lipinski definition) is 0. The molecule has 1 aromatic heterocycles. The molecule has 4 heteroatoms. The molecule has 0 fully saturated rings. The summed E-state index contributed by atoms with van der Waals surface area (Å²) in [4.78, 5) is 6.29. The lowest BCUT2D eigenvalue weighted by atomic mass is 10.2. The zero-order valence-electron chi connectivity index (χ0n) is 8.50. The zero-order valence-corrected chi connectivity index (χ0v) is 10.1. The second-order valence-electron chi connectivity index (χ2n) is 3.66. The van der Waals surface area contributed by atoms with Crippen molar-refractivity contribution >= 4 is 21.7 Å². The highest BCUT2D eigenvalue weighted by Gasteiger charge is 2.15. The fourth-order valence-corrected chi connectivity index (χ4v) is 2.19. The van der Waals surface area contributed by atoms with Crippen LogP contribution in [0.2, 0.25) is 0 Å². The Morgan fingerprint density at radius 2 is 2.33 bits per heavy atom. The van der Waals surface area contributed by atoms with Crippen LogP contribution in [0.4, 0.5) is 10.2 Å². The minimum atomic E-state index is -0.0645. The predicted octanol–water partition coefficient (Wildman–Crippen LogP) is 3.22. The van der Waals surface area contributed by atoms with Gasteiger partial charge in [-0.25, -0.2) is 9.37 Å². The zero-order chi connectivity index (χ0) is 10.8. The molecule has 1 aliphatic heterocycles. The van der Waals surface area contributed by atoms with Crippen molar-refractivity contribution in [3.8, 4) is 0 Å². The predicted molar refractivity (Wildman–Crippen MR) is 62.7 cm³/mol. The van der Waals surface area contributed by atoms with Crippen LogP contribution in [0.15, 0.2) is 28.6 Å².